The summed E-state index contributed by atoms with van der Waals surface area (Å²) in [6.45, 7) is 4.12. The van der Waals surface area contributed by atoms with Gasteiger partial charge in [-0.1, -0.05) is 23.2 Å². The monoisotopic (exact) mass is 324 g/mol. The van der Waals surface area contributed by atoms with Crippen molar-refractivity contribution in [1.82, 2.24) is 5.32 Å². The Morgan fingerprint density at radius 2 is 2.27 bits per heavy atom. The van der Waals surface area contributed by atoms with Crippen molar-refractivity contribution in [2.24, 2.45) is 5.92 Å². The molecule has 0 spiro atoms. The number of para-hydroxylation sites is 1. The van der Waals surface area contributed by atoms with E-state index >= 15 is 0 Å². The van der Waals surface area contributed by atoms with E-state index in [2.05, 4.69) is 37.8 Å². The van der Waals surface area contributed by atoms with Gasteiger partial charge in [0.25, 0.3) is 0 Å². The second-order valence-corrected chi connectivity index (χ2v) is 6.65. The fourth-order valence-electron chi connectivity index (χ4n) is 4.31. The van der Waals surface area contributed by atoms with Gasteiger partial charge in [-0.15, -0.1) is 4.33 Å². The van der Waals surface area contributed by atoms with E-state index in [0.29, 0.717) is 24.2 Å². The predicted octanol–water partition coefficient (Wildman–Crippen LogP) is 2.47. The van der Waals surface area contributed by atoms with Crippen LogP contribution in [0.1, 0.15) is 29.9 Å². The fourth-order valence-corrected chi connectivity index (χ4v) is 4.68. The maximum Gasteiger partial charge on any atom is 0.197 e. The summed E-state index contributed by atoms with van der Waals surface area (Å²) >= 11 is 0.712. The Balaban J connectivity index is 1.65. The lowest BCUT2D eigenvalue weighted by Crippen LogP contribution is -2.40. The molecule has 0 aromatic heterocycles. The molecule has 2 heterocycles. The number of hydrogen-bond acceptors (Lipinski definition) is 7. The van der Waals surface area contributed by atoms with Crippen LogP contribution in [0.25, 0.3) is 0 Å². The molecule has 2 N–H and O–H groups in total. The minimum absolute atomic E-state index is 0.0926. The normalized spacial score (nSPS) is 29.9. The van der Waals surface area contributed by atoms with Crippen LogP contribution in [0.2, 0.25) is 0 Å². The van der Waals surface area contributed by atoms with Crippen molar-refractivity contribution in [1.29, 1.82) is 0 Å². The van der Waals surface area contributed by atoms with E-state index in [1.807, 2.05) is 0 Å². The summed E-state index contributed by atoms with van der Waals surface area (Å²) in [5.74, 6) is 1.00. The molecule has 1 aromatic rings. The third-order valence-corrected chi connectivity index (χ3v) is 5.55. The number of fused-ring (bicyclic) bond motifs is 2. The van der Waals surface area contributed by atoms with E-state index in [9.17, 15) is 0 Å². The van der Waals surface area contributed by atoms with Crippen LogP contribution in [0.4, 0.5) is 5.69 Å². The van der Waals surface area contributed by atoms with Crippen LogP contribution in [0.5, 0.6) is 0 Å². The van der Waals surface area contributed by atoms with Gasteiger partial charge in [0, 0.05) is 37.8 Å². The van der Waals surface area contributed by atoms with Gasteiger partial charge in [-0.05, 0) is 29.9 Å². The van der Waals surface area contributed by atoms with E-state index in [0.717, 1.165) is 39.0 Å². The number of benzene rings is 1. The highest BCUT2D eigenvalue weighted by molar-refractivity contribution is 7.89. The molecule has 22 heavy (non-hydrogen) atoms. The van der Waals surface area contributed by atoms with Crippen molar-refractivity contribution in [2.75, 3.05) is 24.5 Å². The lowest BCUT2D eigenvalue weighted by Gasteiger charge is -2.40. The van der Waals surface area contributed by atoms with Gasteiger partial charge in [0.1, 0.15) is 0 Å². The van der Waals surface area contributed by atoms with Crippen molar-refractivity contribution >= 4 is 18.0 Å². The minimum Gasteiger partial charge on any atom is -0.369 e. The largest absolute Gasteiger partial charge is 0.369 e. The van der Waals surface area contributed by atoms with Crippen LogP contribution >= 0.6 is 12.3 Å². The molecule has 0 bridgehead atoms. The highest BCUT2D eigenvalue weighted by Gasteiger charge is 2.44. The molecule has 6 nitrogen and oxygen atoms in total. The number of rotatable bonds is 4. The van der Waals surface area contributed by atoms with Gasteiger partial charge >= 0.3 is 0 Å². The molecule has 0 amide bonds. The lowest BCUT2D eigenvalue weighted by atomic mass is 9.81. The number of nitrogens with zero attached hydrogens (tertiary/aromatic N) is 1. The molecule has 1 aromatic carbocycles. The van der Waals surface area contributed by atoms with E-state index in [4.69, 9.17) is 9.44 Å². The quantitative estimate of drug-likeness (QED) is 0.382. The van der Waals surface area contributed by atoms with Crippen LogP contribution in [0.3, 0.4) is 0 Å². The molecule has 2 aliphatic heterocycles. The summed E-state index contributed by atoms with van der Waals surface area (Å²) in [6, 6.07) is 6.61. The summed E-state index contributed by atoms with van der Waals surface area (Å²) < 4.78 is 10.1. The first-order valence-corrected chi connectivity index (χ1v) is 8.43. The molecule has 3 aliphatic rings. The lowest BCUT2D eigenvalue weighted by molar-refractivity contribution is -0.434. The molecule has 1 fully saturated rings. The highest BCUT2D eigenvalue weighted by Crippen LogP contribution is 2.50. The summed E-state index contributed by atoms with van der Waals surface area (Å²) in [4.78, 5) is 2.54. The first kappa shape index (κ1) is 14.7. The summed E-state index contributed by atoms with van der Waals surface area (Å²) in [5.41, 5.74) is 4.17. The van der Waals surface area contributed by atoms with Crippen LogP contribution in [-0.2, 0) is 20.1 Å². The zero-order valence-electron chi connectivity index (χ0n) is 12.2. The fraction of sp³-hybridized carbons (Fsp3) is 0.600. The Hall–Kier alpha value is -0.830. The smallest absolute Gasteiger partial charge is 0.197 e. The van der Waals surface area contributed by atoms with E-state index in [1.54, 1.807) is 0 Å². The van der Waals surface area contributed by atoms with Gasteiger partial charge in [0.2, 0.25) is 0 Å². The SMILES string of the molecule is OOOSOC1CCC2CN3CCNCc4cccc(c43)[C@H]21. The first-order chi connectivity index (χ1) is 10.9. The molecule has 2 unspecified atom stereocenters. The predicted molar refractivity (Wildman–Crippen MR) is 83.1 cm³/mol. The van der Waals surface area contributed by atoms with Crippen molar-refractivity contribution in [2.45, 2.75) is 31.4 Å². The topological polar surface area (TPSA) is 63.2 Å². The maximum atomic E-state index is 8.24. The van der Waals surface area contributed by atoms with Gasteiger partial charge in [-0.2, -0.15) is 0 Å². The Morgan fingerprint density at radius 3 is 3.18 bits per heavy atom. The van der Waals surface area contributed by atoms with Crippen molar-refractivity contribution in [3.63, 3.8) is 0 Å². The molecule has 3 atom stereocenters. The van der Waals surface area contributed by atoms with Crippen LogP contribution in [0.15, 0.2) is 18.2 Å². The van der Waals surface area contributed by atoms with Gasteiger partial charge in [0.05, 0.1) is 6.10 Å². The van der Waals surface area contributed by atoms with Crippen molar-refractivity contribution in [3.8, 4) is 0 Å². The Labute approximate surface area is 134 Å². The van der Waals surface area contributed by atoms with Gasteiger partial charge in [-0.3, -0.25) is 4.18 Å². The second-order valence-electron chi connectivity index (χ2n) is 6.19. The average Bonchev–Trinajstić information content (AvgIpc) is 2.83. The first-order valence-electron chi connectivity index (χ1n) is 7.76. The van der Waals surface area contributed by atoms with Gasteiger partial charge < -0.3 is 10.2 Å². The maximum absolute atomic E-state index is 8.24. The van der Waals surface area contributed by atoms with E-state index in [-0.39, 0.29) is 6.10 Å². The molecule has 4 rings (SSSR count). The number of hydrogen-bond donors (Lipinski definition) is 2. The van der Waals surface area contributed by atoms with Crippen LogP contribution < -0.4 is 10.2 Å². The standard InChI is InChI=1S/C15H20N2O4S/c18-20-21-22-19-13-5-4-11-9-17-7-6-16-8-10-2-1-3-12(14(11)13)15(10)17/h1-3,11,13-14,16,18H,4-9H2/t11?,13?,14-/m0/s1. The van der Waals surface area contributed by atoms with E-state index in [1.165, 1.54) is 16.8 Å². The van der Waals surface area contributed by atoms with Crippen LogP contribution in [-0.4, -0.2) is 31.0 Å². The third kappa shape index (κ3) is 2.51. The molecule has 1 aliphatic carbocycles. The highest BCUT2D eigenvalue weighted by atomic mass is 32.2. The zero-order valence-corrected chi connectivity index (χ0v) is 13.1. The second kappa shape index (κ2) is 6.35. The Bertz CT molecular complexity index is 544. The van der Waals surface area contributed by atoms with Crippen molar-refractivity contribution in [3.05, 3.63) is 29.3 Å². The van der Waals surface area contributed by atoms with E-state index < -0.39 is 0 Å². The van der Waals surface area contributed by atoms with Gasteiger partial charge in [0.15, 0.2) is 12.3 Å². The summed E-state index contributed by atoms with van der Waals surface area (Å²) in [7, 11) is 0. The molecular weight excluding hydrogens is 304 g/mol. The molecule has 1 saturated carbocycles. The van der Waals surface area contributed by atoms with Crippen molar-refractivity contribution < 1.29 is 18.8 Å². The molecular formula is C15H20N2O4S. The van der Waals surface area contributed by atoms with Crippen LogP contribution in [0, 0.1) is 5.92 Å². The van der Waals surface area contributed by atoms with Gasteiger partial charge in [-0.25, -0.2) is 5.26 Å². The molecule has 0 radical (unpaired) electrons. The molecule has 120 valence electrons. The Morgan fingerprint density at radius 1 is 1.32 bits per heavy atom. The molecule has 0 saturated heterocycles. The number of nitrogens with one attached hydrogen (secondary N) is 1. The Kier molecular flexibility index (Phi) is 4.25. The zero-order chi connectivity index (χ0) is 14.9. The summed E-state index contributed by atoms with van der Waals surface area (Å²) in [5, 5.41) is 15.3. The average molecular weight is 324 g/mol. The third-order valence-electron chi connectivity index (χ3n) is 5.11. The minimum atomic E-state index is 0.0926. The summed E-state index contributed by atoms with van der Waals surface area (Å²) in [6.07, 6.45) is 2.26. The molecule has 7 heteroatoms. The number of anilines is 1.